The van der Waals surface area contributed by atoms with Crippen LogP contribution in [-0.2, 0) is 14.2 Å². The van der Waals surface area contributed by atoms with Gasteiger partial charge in [0.25, 0.3) is 0 Å². The summed E-state index contributed by atoms with van der Waals surface area (Å²) in [7, 11) is 1.27. The van der Waals surface area contributed by atoms with Crippen molar-refractivity contribution in [3.63, 3.8) is 0 Å². The number of aliphatic hydroxyl groups excluding tert-OH is 7. The lowest BCUT2D eigenvalue weighted by molar-refractivity contribution is -0.358. The van der Waals surface area contributed by atoms with Crippen LogP contribution in [-0.4, -0.2) is 133 Å². The van der Waals surface area contributed by atoms with Crippen molar-refractivity contribution >= 4 is 11.0 Å². The summed E-state index contributed by atoms with van der Waals surface area (Å²) in [5, 5.41) is 102. The molecule has 17 nitrogen and oxygen atoms in total. The van der Waals surface area contributed by atoms with E-state index in [2.05, 4.69) is 0 Å². The summed E-state index contributed by atoms with van der Waals surface area (Å²) in [5.74, 6) is -2.49. The number of phenols is 3. The standard InChI is InChI=1S/C28H32O17/c1-40-13-4-9(2-3-11(13)32)24-25(20(36)17-12(33)5-10(31)6-14(17)41-24)44-28-26(22(38)19(35)16(8-30)43-28)45-27-23(39)21(37)18(34)15(7-29)42-27/h2-6,15-16,18-19,21-23,26-35,37-39H,7-8H2,1H3/t15-,16-,18-,19-,21+,22+,23-,26-,27+,28+/m1/s1. The summed E-state index contributed by atoms with van der Waals surface area (Å²) >= 11 is 0. The van der Waals surface area contributed by atoms with Crippen LogP contribution in [0.1, 0.15) is 0 Å². The summed E-state index contributed by atoms with van der Waals surface area (Å²) in [6.45, 7) is -1.65. The fourth-order valence-corrected chi connectivity index (χ4v) is 5.13. The van der Waals surface area contributed by atoms with Gasteiger partial charge in [-0.05, 0) is 18.2 Å². The van der Waals surface area contributed by atoms with Gasteiger partial charge < -0.3 is 79.2 Å². The third-order valence-electron chi connectivity index (χ3n) is 7.56. The van der Waals surface area contributed by atoms with Crippen LogP contribution in [0.3, 0.4) is 0 Å². The second kappa shape index (κ2) is 12.9. The van der Waals surface area contributed by atoms with Crippen molar-refractivity contribution in [1.29, 1.82) is 0 Å². The molecule has 3 aromatic rings. The number of aliphatic hydroxyl groups is 7. The lowest BCUT2D eigenvalue weighted by Crippen LogP contribution is -2.65. The van der Waals surface area contributed by atoms with Gasteiger partial charge in [-0.25, -0.2) is 0 Å². The van der Waals surface area contributed by atoms with Crippen LogP contribution >= 0.6 is 0 Å². The van der Waals surface area contributed by atoms with Gasteiger partial charge in [-0.2, -0.15) is 0 Å². The van der Waals surface area contributed by atoms with Gasteiger partial charge >= 0.3 is 0 Å². The van der Waals surface area contributed by atoms with Gasteiger partial charge in [0.05, 0.1) is 20.3 Å². The molecule has 2 fully saturated rings. The van der Waals surface area contributed by atoms with E-state index in [9.17, 15) is 55.9 Å². The zero-order chi connectivity index (χ0) is 32.7. The Kier molecular flexibility index (Phi) is 9.38. The van der Waals surface area contributed by atoms with Gasteiger partial charge in [-0.3, -0.25) is 4.79 Å². The molecule has 0 aliphatic carbocycles. The summed E-state index contributed by atoms with van der Waals surface area (Å²) in [6, 6.07) is 5.72. The Labute approximate surface area is 252 Å². The number of hydrogen-bond acceptors (Lipinski definition) is 17. The highest BCUT2D eigenvalue weighted by molar-refractivity contribution is 5.88. The van der Waals surface area contributed by atoms with Crippen LogP contribution in [0.25, 0.3) is 22.3 Å². The minimum atomic E-state index is -1.96. The molecule has 17 heteroatoms. The lowest BCUT2D eigenvalue weighted by atomic mass is 9.97. The van der Waals surface area contributed by atoms with Gasteiger partial charge in [0.15, 0.2) is 29.7 Å². The first-order valence-electron chi connectivity index (χ1n) is 13.5. The number of ether oxygens (including phenoxy) is 5. The lowest BCUT2D eigenvalue weighted by Gasteiger charge is -2.45. The Bertz CT molecular complexity index is 1570. The van der Waals surface area contributed by atoms with Crippen molar-refractivity contribution in [2.24, 2.45) is 0 Å². The van der Waals surface area contributed by atoms with Gasteiger partial charge in [-0.15, -0.1) is 0 Å². The zero-order valence-electron chi connectivity index (χ0n) is 23.4. The van der Waals surface area contributed by atoms with Gasteiger partial charge in [0, 0.05) is 17.7 Å². The second-order valence-corrected chi connectivity index (χ2v) is 10.4. The predicted octanol–water partition coefficient (Wildman–Crippen LogP) is -2.41. The van der Waals surface area contributed by atoms with E-state index in [0.29, 0.717) is 0 Å². The molecule has 10 N–H and O–H groups in total. The Balaban J connectivity index is 1.62. The average molecular weight is 641 g/mol. The zero-order valence-corrected chi connectivity index (χ0v) is 23.4. The fourth-order valence-electron chi connectivity index (χ4n) is 5.13. The number of methoxy groups -OCH3 is 1. The van der Waals surface area contributed by atoms with E-state index in [0.717, 1.165) is 12.1 Å². The van der Waals surface area contributed by atoms with Crippen molar-refractivity contribution < 1.29 is 79.2 Å². The first-order valence-corrected chi connectivity index (χ1v) is 13.5. The molecule has 3 heterocycles. The van der Waals surface area contributed by atoms with Gasteiger partial charge in [-0.1, -0.05) is 0 Å². The molecule has 0 radical (unpaired) electrons. The molecule has 0 saturated carbocycles. The first kappa shape index (κ1) is 32.6. The van der Waals surface area contributed by atoms with E-state index < -0.39 is 103 Å². The minimum Gasteiger partial charge on any atom is -0.508 e. The molecule has 5 rings (SSSR count). The number of benzene rings is 2. The molecule has 10 atom stereocenters. The number of rotatable bonds is 8. The maximum Gasteiger partial charge on any atom is 0.239 e. The maximum absolute atomic E-state index is 13.8. The average Bonchev–Trinajstić information content (AvgIpc) is 3.01. The number of fused-ring (bicyclic) bond motifs is 1. The molecule has 2 aliphatic heterocycles. The molecule has 45 heavy (non-hydrogen) atoms. The molecule has 246 valence electrons. The number of aromatic hydroxyl groups is 3. The van der Waals surface area contributed by atoms with E-state index in [1.54, 1.807) is 0 Å². The molecular weight excluding hydrogens is 608 g/mol. The summed E-state index contributed by atoms with van der Waals surface area (Å²) in [5.41, 5.74) is -1.23. The van der Waals surface area contributed by atoms with Crippen LogP contribution in [0.2, 0.25) is 0 Å². The third kappa shape index (κ3) is 5.98. The Morgan fingerprint density at radius 1 is 0.778 bits per heavy atom. The molecule has 0 amide bonds. The summed E-state index contributed by atoms with van der Waals surface area (Å²) in [6.07, 6.45) is -17.9. The van der Waals surface area contributed by atoms with Crippen LogP contribution < -0.4 is 14.9 Å². The second-order valence-electron chi connectivity index (χ2n) is 10.4. The van der Waals surface area contributed by atoms with E-state index in [-0.39, 0.29) is 28.4 Å². The van der Waals surface area contributed by atoms with E-state index in [1.807, 2.05) is 0 Å². The Hall–Kier alpha value is -3.75. The molecule has 0 bridgehead atoms. The quantitative estimate of drug-likeness (QED) is 0.123. The summed E-state index contributed by atoms with van der Waals surface area (Å²) < 4.78 is 33.5. The molecule has 0 spiro atoms. The normalized spacial score (nSPS) is 32.0. The molecule has 1 aromatic heterocycles. The van der Waals surface area contributed by atoms with E-state index >= 15 is 0 Å². The van der Waals surface area contributed by atoms with Crippen molar-refractivity contribution in [2.75, 3.05) is 20.3 Å². The van der Waals surface area contributed by atoms with E-state index in [4.69, 9.17) is 28.1 Å². The van der Waals surface area contributed by atoms with Crippen molar-refractivity contribution in [3.8, 4) is 40.1 Å². The van der Waals surface area contributed by atoms with Crippen molar-refractivity contribution in [1.82, 2.24) is 0 Å². The SMILES string of the molecule is COc1cc(-c2oc3cc(O)cc(O)c3c(=O)c2O[C@@H]2O[C@H](CO)[C@@H](O)[C@H](O)[C@H]2O[C@@H]2O[C@H](CO)[C@@H](O)[C@H](O)[C@H]2O)ccc1O. The molecular formula is C28H32O17. The number of hydrogen-bond donors (Lipinski definition) is 10. The topological polar surface area (TPSA) is 279 Å². The largest absolute Gasteiger partial charge is 0.508 e. The smallest absolute Gasteiger partial charge is 0.239 e. The van der Waals surface area contributed by atoms with Crippen molar-refractivity contribution in [2.45, 2.75) is 61.4 Å². The summed E-state index contributed by atoms with van der Waals surface area (Å²) in [4.78, 5) is 13.8. The molecule has 2 saturated heterocycles. The molecule has 2 aromatic carbocycles. The van der Waals surface area contributed by atoms with Gasteiger partial charge in [0.2, 0.25) is 17.5 Å². The number of phenolic OH excluding ortho intramolecular Hbond substituents is 3. The van der Waals surface area contributed by atoms with Crippen LogP contribution in [0.15, 0.2) is 39.5 Å². The highest BCUT2D eigenvalue weighted by atomic mass is 16.8. The van der Waals surface area contributed by atoms with Crippen LogP contribution in [0.5, 0.6) is 28.7 Å². The van der Waals surface area contributed by atoms with Gasteiger partial charge in [0.1, 0.15) is 65.2 Å². The highest BCUT2D eigenvalue weighted by Crippen LogP contribution is 2.40. The van der Waals surface area contributed by atoms with E-state index in [1.165, 1.54) is 25.3 Å². The third-order valence-corrected chi connectivity index (χ3v) is 7.56. The maximum atomic E-state index is 13.8. The highest BCUT2D eigenvalue weighted by Gasteiger charge is 2.51. The predicted molar refractivity (Wildman–Crippen MR) is 146 cm³/mol. The van der Waals surface area contributed by atoms with Crippen LogP contribution in [0.4, 0.5) is 0 Å². The first-order chi connectivity index (χ1) is 21.4. The fraction of sp³-hybridized carbons (Fsp3) is 0.464. The van der Waals surface area contributed by atoms with Crippen molar-refractivity contribution in [3.05, 3.63) is 40.6 Å². The molecule has 0 unspecified atom stereocenters. The Morgan fingerprint density at radius 2 is 1.42 bits per heavy atom. The van der Waals surface area contributed by atoms with Crippen LogP contribution in [0, 0.1) is 0 Å². The molecule has 2 aliphatic rings. The minimum absolute atomic E-state index is 0.0448. The monoisotopic (exact) mass is 640 g/mol. The Morgan fingerprint density at radius 3 is 2.07 bits per heavy atom.